The Morgan fingerprint density at radius 2 is 1.59 bits per heavy atom. The van der Waals surface area contributed by atoms with E-state index in [2.05, 4.69) is 5.32 Å². The number of ether oxygens (including phenoxy) is 1. The number of hydrogen-bond donors (Lipinski definition) is 1. The van der Waals surface area contributed by atoms with Crippen molar-refractivity contribution in [3.05, 3.63) is 83.9 Å². The van der Waals surface area contributed by atoms with Crippen LogP contribution in [0.15, 0.2) is 78.9 Å². The van der Waals surface area contributed by atoms with Crippen molar-refractivity contribution in [3.63, 3.8) is 0 Å². The molecule has 3 aromatic carbocycles. The van der Waals surface area contributed by atoms with Crippen molar-refractivity contribution in [1.29, 1.82) is 0 Å². The number of para-hydroxylation sites is 1. The maximum atomic E-state index is 12.4. The van der Waals surface area contributed by atoms with Crippen LogP contribution in [-0.4, -0.2) is 36.9 Å². The highest BCUT2D eigenvalue weighted by atomic mass is 35.5. The van der Waals surface area contributed by atoms with Crippen LogP contribution in [0.4, 0.5) is 5.69 Å². The van der Waals surface area contributed by atoms with E-state index in [0.29, 0.717) is 16.5 Å². The van der Waals surface area contributed by atoms with Gasteiger partial charge < -0.3 is 15.0 Å². The van der Waals surface area contributed by atoms with Crippen molar-refractivity contribution >= 4 is 29.1 Å². The maximum Gasteiger partial charge on any atom is 0.260 e. The van der Waals surface area contributed by atoms with Crippen molar-refractivity contribution in [2.45, 2.75) is 0 Å². The van der Waals surface area contributed by atoms with Gasteiger partial charge in [-0.25, -0.2) is 0 Å². The molecule has 0 saturated heterocycles. The second-order valence-corrected chi connectivity index (χ2v) is 6.89. The smallest absolute Gasteiger partial charge is 0.260 e. The van der Waals surface area contributed by atoms with Crippen LogP contribution in [0.5, 0.6) is 5.75 Å². The number of nitrogens with zero attached hydrogens (tertiary/aromatic N) is 1. The average molecular weight is 409 g/mol. The van der Waals surface area contributed by atoms with E-state index in [4.69, 9.17) is 16.3 Å². The van der Waals surface area contributed by atoms with Crippen molar-refractivity contribution in [3.8, 4) is 16.9 Å². The molecule has 148 valence electrons. The molecular formula is C23H21ClN2O3. The molecule has 0 aliphatic rings. The fraction of sp³-hybridized carbons (Fsp3) is 0.130. The van der Waals surface area contributed by atoms with Crippen molar-refractivity contribution < 1.29 is 14.3 Å². The minimum absolute atomic E-state index is 0.0782. The van der Waals surface area contributed by atoms with Crippen molar-refractivity contribution in [1.82, 2.24) is 4.90 Å². The van der Waals surface area contributed by atoms with E-state index in [1.54, 1.807) is 31.3 Å². The lowest BCUT2D eigenvalue weighted by Gasteiger charge is -2.18. The fourth-order valence-corrected chi connectivity index (χ4v) is 2.86. The Balaban J connectivity index is 1.55. The van der Waals surface area contributed by atoms with E-state index >= 15 is 0 Å². The van der Waals surface area contributed by atoms with Gasteiger partial charge >= 0.3 is 0 Å². The van der Waals surface area contributed by atoms with Gasteiger partial charge in [-0.1, -0.05) is 60.1 Å². The molecule has 1 N–H and O–H groups in total. The van der Waals surface area contributed by atoms with Gasteiger partial charge in [0, 0.05) is 23.3 Å². The molecule has 0 aliphatic carbocycles. The lowest BCUT2D eigenvalue weighted by atomic mass is 10.1. The zero-order valence-corrected chi connectivity index (χ0v) is 16.7. The Morgan fingerprint density at radius 3 is 2.31 bits per heavy atom. The molecule has 0 radical (unpaired) electrons. The highest BCUT2D eigenvalue weighted by molar-refractivity contribution is 6.30. The molecule has 3 aromatic rings. The Hall–Kier alpha value is -3.31. The van der Waals surface area contributed by atoms with Crippen LogP contribution in [0, 0.1) is 0 Å². The molecule has 0 spiro atoms. The van der Waals surface area contributed by atoms with Crippen LogP contribution in [0.25, 0.3) is 11.1 Å². The molecule has 6 heteroatoms. The van der Waals surface area contributed by atoms with Crippen LogP contribution < -0.4 is 10.1 Å². The van der Waals surface area contributed by atoms with E-state index in [1.165, 1.54) is 4.90 Å². The molecule has 0 saturated carbocycles. The lowest BCUT2D eigenvalue weighted by molar-refractivity contribution is -0.135. The number of amides is 2. The van der Waals surface area contributed by atoms with Crippen LogP contribution in [0.3, 0.4) is 0 Å². The van der Waals surface area contributed by atoms with Gasteiger partial charge in [0.2, 0.25) is 5.91 Å². The van der Waals surface area contributed by atoms with E-state index in [-0.39, 0.29) is 25.0 Å². The first-order chi connectivity index (χ1) is 14.0. The van der Waals surface area contributed by atoms with Gasteiger partial charge in [0.05, 0.1) is 6.54 Å². The average Bonchev–Trinajstić information content (AvgIpc) is 2.74. The van der Waals surface area contributed by atoms with Gasteiger partial charge in [0.1, 0.15) is 5.75 Å². The Labute approximate surface area is 174 Å². The first kappa shape index (κ1) is 20.4. The van der Waals surface area contributed by atoms with Crippen molar-refractivity contribution in [2.24, 2.45) is 0 Å². The minimum atomic E-state index is -0.298. The van der Waals surface area contributed by atoms with Gasteiger partial charge in [-0.2, -0.15) is 0 Å². The third-order valence-corrected chi connectivity index (χ3v) is 4.51. The number of carbonyl (C=O) groups excluding carboxylic acids is 2. The van der Waals surface area contributed by atoms with Crippen LogP contribution >= 0.6 is 11.6 Å². The van der Waals surface area contributed by atoms with Gasteiger partial charge in [-0.3, -0.25) is 9.59 Å². The number of halogens is 1. The minimum Gasteiger partial charge on any atom is -0.483 e. The number of carbonyl (C=O) groups is 2. The van der Waals surface area contributed by atoms with Gasteiger partial charge in [-0.05, 0) is 35.9 Å². The van der Waals surface area contributed by atoms with Crippen LogP contribution in [0.1, 0.15) is 0 Å². The van der Waals surface area contributed by atoms with Crippen LogP contribution in [0.2, 0.25) is 5.02 Å². The number of hydrogen-bond acceptors (Lipinski definition) is 3. The summed E-state index contributed by atoms with van der Waals surface area (Å²) in [6, 6.07) is 24.1. The third-order valence-electron chi connectivity index (χ3n) is 4.26. The fourth-order valence-electron chi connectivity index (χ4n) is 2.74. The van der Waals surface area contributed by atoms with E-state index in [0.717, 1.165) is 11.1 Å². The Morgan fingerprint density at radius 1 is 0.931 bits per heavy atom. The standard InChI is InChI=1S/C23H21ClN2O3/c1-26(15-22(27)25-19-13-11-18(24)12-14-19)23(28)16-29-21-10-6-5-9-20(21)17-7-3-2-4-8-17/h2-14H,15-16H2,1H3,(H,25,27). The summed E-state index contributed by atoms with van der Waals surface area (Å²) >= 11 is 5.83. The van der Waals surface area contributed by atoms with E-state index in [1.807, 2.05) is 54.6 Å². The first-order valence-corrected chi connectivity index (χ1v) is 9.47. The number of anilines is 1. The predicted molar refractivity (Wildman–Crippen MR) is 115 cm³/mol. The predicted octanol–water partition coefficient (Wildman–Crippen LogP) is 4.48. The summed E-state index contributed by atoms with van der Waals surface area (Å²) in [4.78, 5) is 25.9. The van der Waals surface area contributed by atoms with Crippen molar-refractivity contribution in [2.75, 3.05) is 25.5 Å². The maximum absolute atomic E-state index is 12.4. The number of benzene rings is 3. The van der Waals surface area contributed by atoms with Gasteiger partial charge in [0.15, 0.2) is 6.61 Å². The second-order valence-electron chi connectivity index (χ2n) is 6.46. The molecule has 0 bridgehead atoms. The normalized spacial score (nSPS) is 10.3. The Bertz CT molecular complexity index is 975. The summed E-state index contributed by atoms with van der Waals surface area (Å²) in [5.74, 6) is 0.0260. The molecule has 0 aliphatic heterocycles. The summed E-state index contributed by atoms with van der Waals surface area (Å²) < 4.78 is 5.75. The zero-order chi connectivity index (χ0) is 20.6. The number of likely N-dealkylation sites (N-methyl/N-ethyl adjacent to an activating group) is 1. The van der Waals surface area contributed by atoms with Crippen LogP contribution in [-0.2, 0) is 9.59 Å². The summed E-state index contributed by atoms with van der Waals surface area (Å²) in [5, 5.41) is 3.31. The molecule has 0 fully saturated rings. The Kier molecular flexibility index (Phi) is 6.87. The number of nitrogens with one attached hydrogen (secondary N) is 1. The quantitative estimate of drug-likeness (QED) is 0.627. The van der Waals surface area contributed by atoms with E-state index < -0.39 is 0 Å². The monoisotopic (exact) mass is 408 g/mol. The molecule has 0 unspecified atom stereocenters. The summed E-state index contributed by atoms with van der Waals surface area (Å²) in [6.45, 7) is -0.236. The van der Waals surface area contributed by atoms with E-state index in [9.17, 15) is 9.59 Å². The lowest BCUT2D eigenvalue weighted by Crippen LogP contribution is -2.37. The highest BCUT2D eigenvalue weighted by Gasteiger charge is 2.15. The number of rotatable bonds is 7. The molecule has 2 amide bonds. The molecule has 0 aromatic heterocycles. The molecule has 0 heterocycles. The molecule has 0 atom stereocenters. The highest BCUT2D eigenvalue weighted by Crippen LogP contribution is 2.29. The van der Waals surface area contributed by atoms with Gasteiger partial charge in [0.25, 0.3) is 5.91 Å². The molecule has 3 rings (SSSR count). The van der Waals surface area contributed by atoms with Gasteiger partial charge in [-0.15, -0.1) is 0 Å². The molecular weight excluding hydrogens is 388 g/mol. The largest absolute Gasteiger partial charge is 0.483 e. The molecule has 5 nitrogen and oxygen atoms in total. The molecule has 29 heavy (non-hydrogen) atoms. The zero-order valence-electron chi connectivity index (χ0n) is 16.0. The summed E-state index contributed by atoms with van der Waals surface area (Å²) in [5.41, 5.74) is 2.53. The SMILES string of the molecule is CN(CC(=O)Nc1ccc(Cl)cc1)C(=O)COc1ccccc1-c1ccccc1. The third kappa shape index (κ3) is 5.83. The topological polar surface area (TPSA) is 58.6 Å². The second kappa shape index (κ2) is 9.75. The summed E-state index contributed by atoms with van der Waals surface area (Å²) in [7, 11) is 1.57. The summed E-state index contributed by atoms with van der Waals surface area (Å²) in [6.07, 6.45) is 0. The first-order valence-electron chi connectivity index (χ1n) is 9.09.